The second-order valence-electron chi connectivity index (χ2n) is 7.35. The van der Waals surface area contributed by atoms with Crippen LogP contribution in [0.2, 0.25) is 0 Å². The minimum absolute atomic E-state index is 0.119. The third kappa shape index (κ3) is 4.36. The number of hydrogen-bond donors (Lipinski definition) is 2. The van der Waals surface area contributed by atoms with E-state index in [1.54, 1.807) is 6.08 Å². The van der Waals surface area contributed by atoms with E-state index in [1.165, 1.54) is 39.2 Å². The molecule has 0 fully saturated rings. The predicted octanol–water partition coefficient (Wildman–Crippen LogP) is 5.75. The van der Waals surface area contributed by atoms with E-state index < -0.39 is 0 Å². The molecule has 0 saturated heterocycles. The zero-order valence-electron chi connectivity index (χ0n) is 17.3. The van der Waals surface area contributed by atoms with Crippen LogP contribution in [0.25, 0.3) is 0 Å². The molecule has 3 rings (SSSR count). The summed E-state index contributed by atoms with van der Waals surface area (Å²) in [7, 11) is 0. The molecular formula is C25H30N2O. The molecule has 1 aliphatic rings. The Morgan fingerprint density at radius 2 is 1.39 bits per heavy atom. The Kier molecular flexibility index (Phi) is 6.35. The van der Waals surface area contributed by atoms with E-state index in [-0.39, 0.29) is 11.7 Å². The van der Waals surface area contributed by atoms with Crippen molar-refractivity contribution >= 4 is 17.2 Å². The number of carbonyl (C=O) groups excluding carboxylic acids is 1. The van der Waals surface area contributed by atoms with Crippen molar-refractivity contribution in [3.05, 3.63) is 82.5 Å². The molecule has 2 aromatic rings. The maximum atomic E-state index is 11.7. The van der Waals surface area contributed by atoms with Gasteiger partial charge in [-0.25, -0.2) is 0 Å². The summed E-state index contributed by atoms with van der Waals surface area (Å²) in [6.45, 7) is 10.3. The minimum Gasteiger partial charge on any atom is -0.385 e. The highest BCUT2D eigenvalue weighted by molar-refractivity contribution is 5.92. The zero-order chi connectivity index (χ0) is 20.1. The van der Waals surface area contributed by atoms with Gasteiger partial charge in [0, 0.05) is 36.8 Å². The number of allylic oxidation sites excluding steroid dienone is 4. The second kappa shape index (κ2) is 8.92. The van der Waals surface area contributed by atoms with Crippen LogP contribution in [0.4, 0.5) is 11.4 Å². The molecular weight excluding hydrogens is 344 g/mol. The summed E-state index contributed by atoms with van der Waals surface area (Å²) >= 11 is 0. The van der Waals surface area contributed by atoms with Crippen LogP contribution in [-0.2, 0) is 4.79 Å². The van der Waals surface area contributed by atoms with Crippen molar-refractivity contribution in [2.24, 2.45) is 0 Å². The maximum absolute atomic E-state index is 11.7. The molecule has 0 bridgehead atoms. The molecule has 0 saturated carbocycles. The number of rotatable bonds is 7. The van der Waals surface area contributed by atoms with Crippen molar-refractivity contribution in [3.8, 4) is 0 Å². The quantitative estimate of drug-likeness (QED) is 0.648. The van der Waals surface area contributed by atoms with Crippen LogP contribution >= 0.6 is 0 Å². The van der Waals surface area contributed by atoms with Crippen molar-refractivity contribution in [1.82, 2.24) is 0 Å². The summed E-state index contributed by atoms with van der Waals surface area (Å²) in [4.78, 5) is 11.7. The third-order valence-electron chi connectivity index (χ3n) is 5.24. The summed E-state index contributed by atoms with van der Waals surface area (Å²) in [5.74, 6) is 0.285. The van der Waals surface area contributed by atoms with Crippen molar-refractivity contribution in [3.63, 3.8) is 0 Å². The molecule has 3 nitrogen and oxygen atoms in total. The van der Waals surface area contributed by atoms with Crippen LogP contribution in [0.1, 0.15) is 48.4 Å². The van der Waals surface area contributed by atoms with Crippen LogP contribution in [0.15, 0.2) is 60.2 Å². The molecule has 0 aromatic heterocycles. The predicted molar refractivity (Wildman–Crippen MR) is 119 cm³/mol. The van der Waals surface area contributed by atoms with Gasteiger partial charge in [0.25, 0.3) is 0 Å². The molecule has 2 aromatic carbocycles. The number of carbonyl (C=O) groups is 1. The third-order valence-corrected chi connectivity index (χ3v) is 5.24. The normalized spacial score (nSPS) is 13.6. The van der Waals surface area contributed by atoms with Gasteiger partial charge in [0.05, 0.1) is 0 Å². The Hall–Kier alpha value is -2.81. The lowest BCUT2D eigenvalue weighted by molar-refractivity contribution is -0.113. The first-order valence-corrected chi connectivity index (χ1v) is 10.1. The molecule has 0 radical (unpaired) electrons. The van der Waals surface area contributed by atoms with Crippen molar-refractivity contribution in [2.75, 3.05) is 23.7 Å². The summed E-state index contributed by atoms with van der Waals surface area (Å²) < 4.78 is 0. The average Bonchev–Trinajstić information content (AvgIpc) is 2.68. The molecule has 2 N–H and O–H groups in total. The highest BCUT2D eigenvalue weighted by Crippen LogP contribution is 2.37. The van der Waals surface area contributed by atoms with Crippen LogP contribution in [0.5, 0.6) is 0 Å². The van der Waals surface area contributed by atoms with Crippen molar-refractivity contribution in [2.45, 2.75) is 40.0 Å². The number of anilines is 2. The van der Waals surface area contributed by atoms with Crippen LogP contribution in [0, 0.1) is 13.8 Å². The fourth-order valence-electron chi connectivity index (χ4n) is 3.85. The molecule has 28 heavy (non-hydrogen) atoms. The molecule has 0 heterocycles. The summed E-state index contributed by atoms with van der Waals surface area (Å²) in [6.07, 6.45) is 6.25. The van der Waals surface area contributed by atoms with E-state index in [9.17, 15) is 4.79 Å². The minimum atomic E-state index is 0.119. The van der Waals surface area contributed by atoms with Crippen molar-refractivity contribution < 1.29 is 4.79 Å². The molecule has 146 valence electrons. The summed E-state index contributed by atoms with van der Waals surface area (Å²) in [5.41, 5.74) is 8.51. The first kappa shape index (κ1) is 19.9. The number of aryl methyl sites for hydroxylation is 2. The van der Waals surface area contributed by atoms with E-state index in [0.29, 0.717) is 6.42 Å². The van der Waals surface area contributed by atoms with Gasteiger partial charge in [0.2, 0.25) is 0 Å². The highest BCUT2D eigenvalue weighted by atomic mass is 16.1. The fourth-order valence-corrected chi connectivity index (χ4v) is 3.85. The first-order chi connectivity index (χ1) is 13.5. The van der Waals surface area contributed by atoms with E-state index >= 15 is 0 Å². The Morgan fingerprint density at radius 3 is 1.79 bits per heavy atom. The molecule has 0 aliphatic heterocycles. The number of ketones is 1. The molecule has 0 unspecified atom stereocenters. The van der Waals surface area contributed by atoms with Gasteiger partial charge >= 0.3 is 0 Å². The molecule has 0 atom stereocenters. The van der Waals surface area contributed by atoms with Gasteiger partial charge in [-0.2, -0.15) is 0 Å². The molecule has 0 spiro atoms. The smallest absolute Gasteiger partial charge is 0.159 e. The highest BCUT2D eigenvalue weighted by Gasteiger charge is 2.21. The standard InChI is InChI=1S/C25H30N2O/c1-5-26-23-13-9-20(15-17(23)3)25(19-7-11-22(28)12-8-19)21-10-14-24(27-6-2)18(4)16-21/h7-11,13-16,25-27H,5-6,12H2,1-4H3. The SMILES string of the molecule is CCNc1ccc(C(C2=CCC(=O)C=C2)c2ccc(NCC)c(C)c2)cc1C. The lowest BCUT2D eigenvalue weighted by Gasteiger charge is -2.23. The molecule has 1 aliphatic carbocycles. The van der Waals surface area contributed by atoms with Gasteiger partial charge in [-0.05, 0) is 73.7 Å². The second-order valence-corrected chi connectivity index (χ2v) is 7.35. The topological polar surface area (TPSA) is 41.1 Å². The van der Waals surface area contributed by atoms with Crippen LogP contribution in [-0.4, -0.2) is 18.9 Å². The number of benzene rings is 2. The summed E-state index contributed by atoms with van der Waals surface area (Å²) in [5, 5.41) is 6.83. The fraction of sp³-hybridized carbons (Fsp3) is 0.320. The maximum Gasteiger partial charge on any atom is 0.159 e. The van der Waals surface area contributed by atoms with Gasteiger partial charge in [-0.1, -0.05) is 36.4 Å². The van der Waals surface area contributed by atoms with E-state index in [1.807, 2.05) is 6.08 Å². The van der Waals surface area contributed by atoms with Crippen molar-refractivity contribution in [1.29, 1.82) is 0 Å². The van der Waals surface area contributed by atoms with Gasteiger partial charge in [0.1, 0.15) is 0 Å². The molecule has 0 amide bonds. The van der Waals surface area contributed by atoms with E-state index in [4.69, 9.17) is 0 Å². The molecule has 3 heteroatoms. The largest absolute Gasteiger partial charge is 0.385 e. The Balaban J connectivity index is 2.06. The van der Waals surface area contributed by atoms with Gasteiger partial charge < -0.3 is 10.6 Å². The lowest BCUT2D eigenvalue weighted by Crippen LogP contribution is -2.09. The Bertz CT molecular complexity index is 869. The Labute approximate surface area is 168 Å². The van der Waals surface area contributed by atoms with Gasteiger partial charge in [-0.3, -0.25) is 4.79 Å². The first-order valence-electron chi connectivity index (χ1n) is 10.1. The van der Waals surface area contributed by atoms with Crippen LogP contribution in [0.3, 0.4) is 0 Å². The van der Waals surface area contributed by atoms with E-state index in [2.05, 4.69) is 80.8 Å². The lowest BCUT2D eigenvalue weighted by atomic mass is 9.81. The van der Waals surface area contributed by atoms with Gasteiger partial charge in [0.15, 0.2) is 5.78 Å². The monoisotopic (exact) mass is 374 g/mol. The zero-order valence-corrected chi connectivity index (χ0v) is 17.3. The van der Waals surface area contributed by atoms with E-state index in [0.717, 1.165) is 13.1 Å². The van der Waals surface area contributed by atoms with Crippen LogP contribution < -0.4 is 10.6 Å². The Morgan fingerprint density at radius 1 is 0.857 bits per heavy atom. The number of hydrogen-bond acceptors (Lipinski definition) is 3. The summed E-state index contributed by atoms with van der Waals surface area (Å²) in [6, 6.07) is 13.3. The van der Waals surface area contributed by atoms with Gasteiger partial charge in [-0.15, -0.1) is 0 Å². The average molecular weight is 375 g/mol. The number of nitrogens with one attached hydrogen (secondary N) is 2.